The number of carbonyl (C=O) groups excluding carboxylic acids is 1. The third-order valence-electron chi connectivity index (χ3n) is 21.7. The number of morpholine rings is 1. The van der Waals surface area contributed by atoms with Gasteiger partial charge in [-0.1, -0.05) is 132 Å². The zero-order valence-electron chi connectivity index (χ0n) is 48.4. The van der Waals surface area contributed by atoms with Gasteiger partial charge in [0.05, 0.1) is 20.3 Å². The Hall–Kier alpha value is -5.99. The lowest BCUT2D eigenvalue weighted by atomic mass is 9.47. The maximum absolute atomic E-state index is 14.1. The summed E-state index contributed by atoms with van der Waals surface area (Å²) in [7, 11) is 1.71. The number of methoxy groups -OCH3 is 1. The Bertz CT molecular complexity index is 3210. The Balaban J connectivity index is 0.708. The van der Waals surface area contributed by atoms with E-state index in [1.807, 2.05) is 17.0 Å². The molecule has 0 radical (unpaired) electrons. The van der Waals surface area contributed by atoms with Gasteiger partial charge >= 0.3 is 6.09 Å². The first kappa shape index (κ1) is 52.4. The number of hydrogen-bond donors (Lipinski definition) is 0. The SMILES string of the molecule is C=C(CCCC(C)C)[C@H]1CC[C@H]2[C@@H]3CC=C4C[C@@H](OC(=O)N5CCN(c6ccc7c(c6)-c6c(c8c(c9ccccc69)OC(c6ccc(OC)cc6)(c6ccc(N9CCOCC9)cc6)C=C8)C7(C)C)CC5)CC[C@]4(C)[C@H]3CC[C@@]12C. The molecule has 8 heteroatoms. The molecule has 5 aromatic rings. The molecule has 0 aromatic heterocycles. The lowest BCUT2D eigenvalue weighted by Gasteiger charge is -2.58. The number of anilines is 2. The minimum atomic E-state index is -0.882. The fourth-order valence-electron chi connectivity index (χ4n) is 17.4. The van der Waals surface area contributed by atoms with E-state index in [0.717, 1.165) is 116 Å². The van der Waals surface area contributed by atoms with E-state index in [4.69, 9.17) is 25.5 Å². The maximum atomic E-state index is 14.1. The zero-order valence-corrected chi connectivity index (χ0v) is 48.4. The van der Waals surface area contributed by atoms with Crippen molar-refractivity contribution in [2.75, 3.05) is 69.4 Å². The maximum Gasteiger partial charge on any atom is 0.410 e. The van der Waals surface area contributed by atoms with Crippen molar-refractivity contribution in [1.82, 2.24) is 4.90 Å². The van der Waals surface area contributed by atoms with Crippen molar-refractivity contribution >= 4 is 34.3 Å². The van der Waals surface area contributed by atoms with Gasteiger partial charge in [-0.25, -0.2) is 4.79 Å². The molecule has 414 valence electrons. The molecule has 0 bridgehead atoms. The smallest absolute Gasteiger partial charge is 0.410 e. The van der Waals surface area contributed by atoms with Crippen LogP contribution < -0.4 is 19.3 Å². The lowest BCUT2D eigenvalue weighted by molar-refractivity contribution is -0.0487. The van der Waals surface area contributed by atoms with Crippen molar-refractivity contribution in [3.63, 3.8) is 0 Å². The normalized spacial score (nSPS) is 29.4. The van der Waals surface area contributed by atoms with Crippen molar-refractivity contribution in [2.24, 2.45) is 40.4 Å². The second kappa shape index (κ2) is 20.2. The zero-order chi connectivity index (χ0) is 54.4. The number of hydrogen-bond acceptors (Lipinski definition) is 7. The summed E-state index contributed by atoms with van der Waals surface area (Å²) in [6.07, 6.45) is 20.4. The van der Waals surface area contributed by atoms with Crippen molar-refractivity contribution in [3.05, 3.63) is 149 Å². The Labute approximate surface area is 471 Å². The van der Waals surface area contributed by atoms with E-state index >= 15 is 0 Å². The Kier molecular flexibility index (Phi) is 13.4. The predicted molar refractivity (Wildman–Crippen MR) is 321 cm³/mol. The van der Waals surface area contributed by atoms with E-state index in [1.54, 1.807) is 18.3 Å². The van der Waals surface area contributed by atoms with Gasteiger partial charge in [0, 0.05) is 84.6 Å². The first-order valence-corrected chi connectivity index (χ1v) is 30.5. The molecule has 1 amide bonds. The van der Waals surface area contributed by atoms with Crippen molar-refractivity contribution in [1.29, 1.82) is 0 Å². The molecule has 5 fully saturated rings. The van der Waals surface area contributed by atoms with Gasteiger partial charge in [0.1, 0.15) is 17.6 Å². The summed E-state index contributed by atoms with van der Waals surface area (Å²) in [4.78, 5) is 20.9. The standard InChI is InChI=1S/C71H85N3O5/c1-46(2)12-11-13-47(3)60-28-29-62-57-26-20-50-44-54(30-33-69(50,6)63(57)32-34-70(60,62)7)78-67(75)74-38-36-72(37-39-74)52-23-27-61-59(45-52)64-55-14-9-10-15-56(55)66-58(65(64)68(61,4)5)31-35-71(79-66,49-18-24-53(76-8)25-19-49)48-16-21-51(22-17-48)73-40-42-77-43-41-73/h9-10,14-25,27,31,35,45-46,54,57,60,62-63H,3,11-13,26,28-30,32-34,36-44H2,1-2,4-8H3/t54-,57-,60+,62-,63-,69-,70-,71?/m0/s1. The highest BCUT2D eigenvalue weighted by atomic mass is 16.6. The van der Waals surface area contributed by atoms with Crippen molar-refractivity contribution < 1.29 is 23.7 Å². The first-order chi connectivity index (χ1) is 38.2. The van der Waals surface area contributed by atoms with Crippen LogP contribution in [0.15, 0.2) is 121 Å². The van der Waals surface area contributed by atoms with E-state index in [1.165, 1.54) is 90.4 Å². The van der Waals surface area contributed by atoms with Crippen LogP contribution in [0.4, 0.5) is 16.2 Å². The quantitative estimate of drug-likeness (QED) is 0.122. The molecular weight excluding hydrogens is 975 g/mol. The van der Waals surface area contributed by atoms with E-state index < -0.39 is 5.60 Å². The summed E-state index contributed by atoms with van der Waals surface area (Å²) >= 11 is 0. The molecule has 5 aliphatic carbocycles. The summed E-state index contributed by atoms with van der Waals surface area (Å²) in [5, 5.41) is 2.30. The highest BCUT2D eigenvalue weighted by molar-refractivity contribution is 6.09. The number of amides is 1. The van der Waals surface area contributed by atoms with E-state index in [0.29, 0.717) is 24.4 Å². The fourth-order valence-corrected chi connectivity index (χ4v) is 17.4. The summed E-state index contributed by atoms with van der Waals surface area (Å²) in [6, 6.07) is 33.2. The van der Waals surface area contributed by atoms with Gasteiger partial charge in [0.15, 0.2) is 5.60 Å². The Morgan fingerprint density at radius 1 is 0.785 bits per heavy atom. The Morgan fingerprint density at radius 3 is 2.23 bits per heavy atom. The molecule has 1 unspecified atom stereocenters. The number of ether oxygens (including phenoxy) is 4. The van der Waals surface area contributed by atoms with E-state index in [-0.39, 0.29) is 23.0 Å². The van der Waals surface area contributed by atoms with Gasteiger partial charge in [-0.2, -0.15) is 0 Å². The van der Waals surface area contributed by atoms with Gasteiger partial charge in [-0.05, 0) is 168 Å². The summed E-state index contributed by atoms with van der Waals surface area (Å²) in [5.74, 6) is 5.47. The molecule has 0 spiro atoms. The number of nitrogens with zero attached hydrogens (tertiary/aromatic N) is 3. The second-order valence-electron chi connectivity index (χ2n) is 26.5. The highest BCUT2D eigenvalue weighted by Gasteiger charge is 2.59. The van der Waals surface area contributed by atoms with Crippen LogP contribution in [0, 0.1) is 40.4 Å². The molecule has 3 saturated carbocycles. The number of fused-ring (bicyclic) bond motifs is 13. The average molecular weight is 1060 g/mol. The molecule has 3 heterocycles. The number of carbonyl (C=O) groups is 1. The number of benzene rings is 5. The molecule has 13 rings (SSSR count). The van der Waals surface area contributed by atoms with Crippen LogP contribution in [-0.4, -0.2) is 76.7 Å². The topological polar surface area (TPSA) is 63.7 Å². The molecule has 8 aliphatic rings. The van der Waals surface area contributed by atoms with Gasteiger partial charge in [0.2, 0.25) is 0 Å². The van der Waals surface area contributed by atoms with Gasteiger partial charge in [-0.3, -0.25) is 0 Å². The molecule has 5 aromatic carbocycles. The van der Waals surface area contributed by atoms with Crippen LogP contribution >= 0.6 is 0 Å². The largest absolute Gasteiger partial charge is 0.497 e. The third kappa shape index (κ3) is 8.74. The molecule has 2 saturated heterocycles. The average Bonchev–Trinajstić information content (AvgIpc) is 3.76. The molecule has 8 atom stereocenters. The van der Waals surface area contributed by atoms with Crippen molar-refractivity contribution in [3.8, 4) is 22.6 Å². The minimum absolute atomic E-state index is 0.0489. The lowest BCUT2D eigenvalue weighted by Crippen LogP contribution is -2.51. The predicted octanol–water partition coefficient (Wildman–Crippen LogP) is 15.9. The monoisotopic (exact) mass is 1060 g/mol. The fraction of sp³-hybridized carbons (Fsp3) is 0.507. The van der Waals surface area contributed by atoms with Crippen molar-refractivity contribution in [2.45, 2.75) is 129 Å². The summed E-state index contributed by atoms with van der Waals surface area (Å²) in [6.45, 7) is 25.5. The minimum Gasteiger partial charge on any atom is -0.497 e. The summed E-state index contributed by atoms with van der Waals surface area (Å²) < 4.78 is 25.4. The summed E-state index contributed by atoms with van der Waals surface area (Å²) in [5.41, 5.74) is 13.4. The van der Waals surface area contributed by atoms with Gasteiger partial charge in [-0.15, -0.1) is 0 Å². The number of rotatable bonds is 11. The second-order valence-corrected chi connectivity index (χ2v) is 26.5. The molecule has 79 heavy (non-hydrogen) atoms. The van der Waals surface area contributed by atoms with Crippen LogP contribution in [0.3, 0.4) is 0 Å². The Morgan fingerprint density at radius 2 is 1.49 bits per heavy atom. The van der Waals surface area contributed by atoms with Crippen LogP contribution in [0.5, 0.6) is 11.5 Å². The van der Waals surface area contributed by atoms with Crippen LogP contribution in [0.25, 0.3) is 28.0 Å². The highest BCUT2D eigenvalue weighted by Crippen LogP contribution is 2.68. The third-order valence-corrected chi connectivity index (χ3v) is 21.7. The van der Waals surface area contributed by atoms with Crippen LogP contribution in [0.2, 0.25) is 0 Å². The van der Waals surface area contributed by atoms with Crippen LogP contribution in [0.1, 0.15) is 140 Å². The van der Waals surface area contributed by atoms with E-state index in [2.05, 4.69) is 148 Å². The molecule has 0 N–H and O–H groups in total. The van der Waals surface area contributed by atoms with E-state index in [9.17, 15) is 4.79 Å². The number of piperazine rings is 1. The van der Waals surface area contributed by atoms with Gasteiger partial charge < -0.3 is 33.6 Å². The van der Waals surface area contributed by atoms with Crippen LogP contribution in [-0.2, 0) is 20.5 Å². The first-order valence-electron chi connectivity index (χ1n) is 30.5. The molecule has 8 nitrogen and oxygen atoms in total. The number of allylic oxidation sites excluding steroid dienone is 2. The molecular formula is C71H85N3O5. The van der Waals surface area contributed by atoms with Gasteiger partial charge in [0.25, 0.3) is 0 Å². The molecule has 3 aliphatic heterocycles.